The van der Waals surface area contributed by atoms with Crippen molar-refractivity contribution in [1.82, 2.24) is 5.32 Å². The van der Waals surface area contributed by atoms with Crippen molar-refractivity contribution in [3.63, 3.8) is 0 Å². The fraction of sp³-hybridized carbons (Fsp3) is 0.381. The molecule has 1 atom stereocenters. The number of carbonyl (C=O) groups excluding carboxylic acids is 2. The number of carbonyl (C=O) groups is 2. The van der Waals surface area contributed by atoms with Crippen molar-refractivity contribution in [3.05, 3.63) is 57.9 Å². The van der Waals surface area contributed by atoms with Crippen LogP contribution < -0.4 is 5.32 Å². The molecule has 1 heterocycles. The first-order chi connectivity index (χ1) is 12.8. The number of hydrogen-bond donors (Lipinski definition) is 1. The lowest BCUT2D eigenvalue weighted by Gasteiger charge is -2.31. The molecule has 0 aliphatic carbocycles. The molecule has 6 nitrogen and oxygen atoms in total. The van der Waals surface area contributed by atoms with E-state index in [1.807, 2.05) is 0 Å². The van der Waals surface area contributed by atoms with Gasteiger partial charge < -0.3 is 14.8 Å². The van der Waals surface area contributed by atoms with Gasteiger partial charge in [0, 0.05) is 11.4 Å². The third kappa shape index (κ3) is 4.20. The van der Waals surface area contributed by atoms with E-state index in [4.69, 9.17) is 9.47 Å². The van der Waals surface area contributed by atoms with E-state index in [2.05, 4.69) is 11.4 Å². The van der Waals surface area contributed by atoms with Gasteiger partial charge in [0.1, 0.15) is 0 Å². The number of nitriles is 1. The minimum absolute atomic E-state index is 0.205. The molecule has 0 spiro atoms. The van der Waals surface area contributed by atoms with Gasteiger partial charge in [0.05, 0.1) is 41.4 Å². The number of allylic oxidation sites excluding steroid dienone is 2. The monoisotopic (exact) mass is 368 g/mol. The van der Waals surface area contributed by atoms with Crippen LogP contribution in [0.15, 0.2) is 46.8 Å². The minimum atomic E-state index is -0.743. The molecule has 0 radical (unpaired) electrons. The lowest BCUT2D eigenvalue weighted by atomic mass is 9.78. The number of esters is 2. The van der Waals surface area contributed by atoms with Crippen molar-refractivity contribution < 1.29 is 19.1 Å². The average molecular weight is 368 g/mol. The number of benzene rings is 1. The van der Waals surface area contributed by atoms with E-state index >= 15 is 0 Å². The summed E-state index contributed by atoms with van der Waals surface area (Å²) in [5, 5.41) is 12.6. The third-order valence-electron chi connectivity index (χ3n) is 4.21. The molecular formula is C21H24N2O4. The highest BCUT2D eigenvalue weighted by Gasteiger charge is 2.39. The van der Waals surface area contributed by atoms with Gasteiger partial charge in [-0.1, -0.05) is 18.2 Å². The molecule has 1 aliphatic rings. The standard InChI is InChI=1S/C21H24N2O4/c1-6-26-20(24)17-13(4)23-14(5)18(21(25)27-12(2)3)19(17)16-10-8-7-9-15(16)11-22/h7-10,12,19,23H,6H2,1-5H3. The molecular weight excluding hydrogens is 344 g/mol. The SMILES string of the molecule is CCOC(=O)C1=C(C)NC(C)=C(C(=O)OC(C)C)C1c1ccccc1C#N. The topological polar surface area (TPSA) is 88.4 Å². The van der Waals surface area contributed by atoms with Crippen molar-refractivity contribution in [1.29, 1.82) is 5.26 Å². The molecule has 1 aromatic rings. The van der Waals surface area contributed by atoms with Crippen LogP contribution in [0.3, 0.4) is 0 Å². The second kappa shape index (κ2) is 8.54. The zero-order valence-electron chi connectivity index (χ0n) is 16.3. The normalized spacial score (nSPS) is 16.7. The molecule has 0 bridgehead atoms. The quantitative estimate of drug-likeness (QED) is 0.802. The zero-order valence-corrected chi connectivity index (χ0v) is 16.3. The molecule has 0 saturated carbocycles. The van der Waals surface area contributed by atoms with Crippen LogP contribution in [0, 0.1) is 11.3 Å². The Morgan fingerprint density at radius 1 is 1.15 bits per heavy atom. The zero-order chi connectivity index (χ0) is 20.1. The number of nitrogens with zero attached hydrogens (tertiary/aromatic N) is 1. The van der Waals surface area contributed by atoms with Crippen LogP contribution in [0.25, 0.3) is 0 Å². The smallest absolute Gasteiger partial charge is 0.337 e. The van der Waals surface area contributed by atoms with E-state index in [1.165, 1.54) is 0 Å². The first-order valence-corrected chi connectivity index (χ1v) is 8.87. The first-order valence-electron chi connectivity index (χ1n) is 8.87. The maximum atomic E-state index is 12.9. The Kier molecular flexibility index (Phi) is 6.40. The van der Waals surface area contributed by atoms with Crippen LogP contribution in [-0.4, -0.2) is 24.6 Å². The second-order valence-corrected chi connectivity index (χ2v) is 6.51. The molecule has 6 heteroatoms. The fourth-order valence-electron chi connectivity index (χ4n) is 3.18. The number of rotatable bonds is 5. The van der Waals surface area contributed by atoms with Crippen molar-refractivity contribution in [2.75, 3.05) is 6.61 Å². The molecule has 1 unspecified atom stereocenters. The highest BCUT2D eigenvalue weighted by molar-refractivity contribution is 6.00. The van der Waals surface area contributed by atoms with Gasteiger partial charge in [-0.05, 0) is 46.2 Å². The molecule has 1 aliphatic heterocycles. The lowest BCUT2D eigenvalue weighted by Crippen LogP contribution is -2.33. The Balaban J connectivity index is 2.71. The van der Waals surface area contributed by atoms with E-state index in [9.17, 15) is 14.9 Å². The van der Waals surface area contributed by atoms with Crippen LogP contribution in [0.5, 0.6) is 0 Å². The van der Waals surface area contributed by atoms with Crippen molar-refractivity contribution in [2.24, 2.45) is 0 Å². The average Bonchev–Trinajstić information content (AvgIpc) is 2.60. The summed E-state index contributed by atoms with van der Waals surface area (Å²) in [6.07, 6.45) is -0.317. The summed E-state index contributed by atoms with van der Waals surface area (Å²) in [7, 11) is 0. The minimum Gasteiger partial charge on any atom is -0.463 e. The largest absolute Gasteiger partial charge is 0.463 e. The van der Waals surface area contributed by atoms with Gasteiger partial charge >= 0.3 is 11.9 Å². The van der Waals surface area contributed by atoms with Gasteiger partial charge in [-0.15, -0.1) is 0 Å². The van der Waals surface area contributed by atoms with E-state index < -0.39 is 17.9 Å². The van der Waals surface area contributed by atoms with Gasteiger partial charge in [0.2, 0.25) is 0 Å². The highest BCUT2D eigenvalue weighted by Crippen LogP contribution is 2.40. The number of dihydropyridines is 1. The summed E-state index contributed by atoms with van der Waals surface area (Å²) in [5.74, 6) is -1.79. The highest BCUT2D eigenvalue weighted by atomic mass is 16.5. The molecule has 2 rings (SSSR count). The van der Waals surface area contributed by atoms with Crippen molar-refractivity contribution in [2.45, 2.75) is 46.6 Å². The number of hydrogen-bond acceptors (Lipinski definition) is 6. The summed E-state index contributed by atoms with van der Waals surface area (Å²) in [6, 6.07) is 9.07. The van der Waals surface area contributed by atoms with Gasteiger partial charge in [0.25, 0.3) is 0 Å². The Morgan fingerprint density at radius 3 is 2.30 bits per heavy atom. The molecule has 0 amide bonds. The molecule has 142 valence electrons. The van der Waals surface area contributed by atoms with Gasteiger partial charge in [-0.25, -0.2) is 9.59 Å². The molecule has 0 saturated heterocycles. The summed E-state index contributed by atoms with van der Waals surface area (Å²) in [5.41, 5.74) is 2.75. The van der Waals surface area contributed by atoms with E-state index in [0.717, 1.165) is 0 Å². The fourth-order valence-corrected chi connectivity index (χ4v) is 3.18. The summed E-state index contributed by atoms with van der Waals surface area (Å²) in [4.78, 5) is 25.6. The van der Waals surface area contributed by atoms with E-state index in [0.29, 0.717) is 33.7 Å². The molecule has 27 heavy (non-hydrogen) atoms. The lowest BCUT2D eigenvalue weighted by molar-refractivity contribution is -0.143. The predicted molar refractivity (Wildman–Crippen MR) is 100 cm³/mol. The maximum absolute atomic E-state index is 12.9. The van der Waals surface area contributed by atoms with Gasteiger partial charge in [0.15, 0.2) is 0 Å². The van der Waals surface area contributed by atoms with Crippen LogP contribution in [-0.2, 0) is 19.1 Å². The van der Waals surface area contributed by atoms with Gasteiger partial charge in [-0.2, -0.15) is 5.26 Å². The number of ether oxygens (including phenoxy) is 2. The Labute approximate surface area is 159 Å². The van der Waals surface area contributed by atoms with Gasteiger partial charge in [-0.3, -0.25) is 0 Å². The molecule has 1 N–H and O–H groups in total. The summed E-state index contributed by atoms with van der Waals surface area (Å²) >= 11 is 0. The number of nitrogens with one attached hydrogen (secondary N) is 1. The predicted octanol–water partition coefficient (Wildman–Crippen LogP) is 3.31. The molecule has 0 aromatic heterocycles. The first kappa shape index (κ1) is 20.2. The summed E-state index contributed by atoms with van der Waals surface area (Å²) < 4.78 is 10.6. The molecule has 0 fully saturated rings. The molecule has 1 aromatic carbocycles. The summed E-state index contributed by atoms with van der Waals surface area (Å²) in [6.45, 7) is 8.95. The Morgan fingerprint density at radius 2 is 1.74 bits per heavy atom. The van der Waals surface area contributed by atoms with E-state index in [-0.39, 0.29) is 12.7 Å². The van der Waals surface area contributed by atoms with Crippen LogP contribution >= 0.6 is 0 Å². The van der Waals surface area contributed by atoms with Crippen molar-refractivity contribution in [3.8, 4) is 6.07 Å². The van der Waals surface area contributed by atoms with Crippen molar-refractivity contribution >= 4 is 11.9 Å². The van der Waals surface area contributed by atoms with E-state index in [1.54, 1.807) is 58.9 Å². The Hall–Kier alpha value is -3.07. The van der Waals surface area contributed by atoms with Crippen LogP contribution in [0.4, 0.5) is 0 Å². The maximum Gasteiger partial charge on any atom is 0.337 e. The second-order valence-electron chi connectivity index (χ2n) is 6.51. The third-order valence-corrected chi connectivity index (χ3v) is 4.21. The van der Waals surface area contributed by atoms with Crippen LogP contribution in [0.1, 0.15) is 51.7 Å². The van der Waals surface area contributed by atoms with Crippen LogP contribution in [0.2, 0.25) is 0 Å². The Bertz CT molecular complexity index is 859.